The lowest BCUT2D eigenvalue weighted by Crippen LogP contribution is -2.56. The molecule has 2 atom stereocenters. The summed E-state index contributed by atoms with van der Waals surface area (Å²) in [6.45, 7) is 5.30. The van der Waals surface area contributed by atoms with E-state index in [1.54, 1.807) is 29.2 Å². The van der Waals surface area contributed by atoms with Crippen LogP contribution in [0.1, 0.15) is 24.5 Å². The molecule has 2 unspecified atom stereocenters. The maximum absolute atomic E-state index is 13.1. The number of nitrogens with zero attached hydrogens (tertiary/aromatic N) is 4. The number of benzene rings is 1. The second-order valence-electron chi connectivity index (χ2n) is 7.07. The summed E-state index contributed by atoms with van der Waals surface area (Å²) in [6, 6.07) is 7.30. The second kappa shape index (κ2) is 7.25. The van der Waals surface area contributed by atoms with Gasteiger partial charge in [-0.2, -0.15) is 5.10 Å². The first-order chi connectivity index (χ1) is 13.4. The van der Waals surface area contributed by atoms with Crippen LogP contribution in [-0.4, -0.2) is 56.1 Å². The third-order valence-corrected chi connectivity index (χ3v) is 4.77. The number of nitrogens with two attached hydrogens (primary N) is 1. The molecular formula is C18H21ClN8O. The summed E-state index contributed by atoms with van der Waals surface area (Å²) in [6.07, 6.45) is 0. The van der Waals surface area contributed by atoms with Crippen molar-refractivity contribution in [2.24, 2.45) is 0 Å². The van der Waals surface area contributed by atoms with Crippen LogP contribution in [-0.2, 0) is 0 Å². The highest BCUT2D eigenvalue weighted by Gasteiger charge is 2.28. The van der Waals surface area contributed by atoms with Gasteiger partial charge in [0.1, 0.15) is 11.6 Å². The Morgan fingerprint density at radius 2 is 2.00 bits per heavy atom. The molecule has 1 aromatic carbocycles. The lowest BCUT2D eigenvalue weighted by molar-refractivity contribution is 0.0662. The highest BCUT2D eigenvalue weighted by molar-refractivity contribution is 6.31. The fourth-order valence-corrected chi connectivity index (χ4v) is 3.62. The molecule has 1 aliphatic rings. The van der Waals surface area contributed by atoms with Crippen LogP contribution in [0.15, 0.2) is 24.3 Å². The molecule has 1 saturated heterocycles. The Kier molecular flexibility index (Phi) is 4.78. The minimum atomic E-state index is -0.207. The molecule has 1 aliphatic heterocycles. The minimum Gasteiger partial charge on any atom is -0.384 e. The van der Waals surface area contributed by atoms with E-state index in [1.165, 1.54) is 0 Å². The highest BCUT2D eigenvalue weighted by atomic mass is 35.5. The van der Waals surface area contributed by atoms with Gasteiger partial charge in [0.2, 0.25) is 5.82 Å². The monoisotopic (exact) mass is 400 g/mol. The van der Waals surface area contributed by atoms with Crippen LogP contribution < -0.4 is 16.4 Å². The van der Waals surface area contributed by atoms with Gasteiger partial charge in [-0.1, -0.05) is 11.6 Å². The Labute approximate surface area is 166 Å². The number of anilines is 3. The molecule has 3 heterocycles. The quantitative estimate of drug-likeness (QED) is 0.530. The molecule has 146 valence electrons. The summed E-state index contributed by atoms with van der Waals surface area (Å²) in [5, 5.41) is 14.5. The maximum atomic E-state index is 13.1. The number of amides is 1. The Balaban J connectivity index is 1.74. The van der Waals surface area contributed by atoms with Crippen molar-refractivity contribution in [2.45, 2.75) is 25.9 Å². The van der Waals surface area contributed by atoms with Crippen molar-refractivity contribution in [2.75, 3.05) is 24.1 Å². The molecule has 0 saturated carbocycles. The predicted octanol–water partition coefficient (Wildman–Crippen LogP) is 2.15. The van der Waals surface area contributed by atoms with E-state index in [2.05, 4.69) is 30.8 Å². The minimum absolute atomic E-state index is 0.127. The molecule has 4 rings (SSSR count). The maximum Gasteiger partial charge on any atom is 0.291 e. The number of nitrogen functional groups attached to an aromatic ring is 1. The van der Waals surface area contributed by atoms with Crippen LogP contribution in [0, 0.1) is 0 Å². The van der Waals surface area contributed by atoms with Gasteiger partial charge in [0, 0.05) is 41.6 Å². The molecule has 2 aromatic heterocycles. The van der Waals surface area contributed by atoms with E-state index < -0.39 is 0 Å². The average Bonchev–Trinajstić information content (AvgIpc) is 3.05. The Hall–Kier alpha value is -2.91. The normalized spacial score (nSPS) is 19.8. The number of rotatable bonds is 3. The first-order valence-corrected chi connectivity index (χ1v) is 9.37. The molecule has 1 fully saturated rings. The lowest BCUT2D eigenvalue weighted by Gasteiger charge is -2.35. The molecule has 10 heteroatoms. The van der Waals surface area contributed by atoms with Crippen molar-refractivity contribution in [1.82, 2.24) is 30.4 Å². The third-order valence-electron chi connectivity index (χ3n) is 4.54. The first-order valence-electron chi connectivity index (χ1n) is 8.99. The number of halogens is 1. The van der Waals surface area contributed by atoms with E-state index in [-0.39, 0.29) is 23.8 Å². The highest BCUT2D eigenvalue weighted by Crippen LogP contribution is 2.27. The SMILES string of the molecule is CC1CN(C(=O)c2nc(Nc3cc(N)[nH]n3)c3cc(Cl)ccc3n2)CC(C)N1. The van der Waals surface area contributed by atoms with Crippen molar-refractivity contribution in [3.05, 3.63) is 35.1 Å². The molecule has 0 aliphatic carbocycles. The van der Waals surface area contributed by atoms with Gasteiger partial charge in [-0.15, -0.1) is 0 Å². The summed E-state index contributed by atoms with van der Waals surface area (Å²) in [5.74, 6) is 1.27. The summed E-state index contributed by atoms with van der Waals surface area (Å²) in [4.78, 5) is 23.8. The fourth-order valence-electron chi connectivity index (χ4n) is 3.45. The number of aromatic nitrogens is 4. The van der Waals surface area contributed by atoms with E-state index in [0.29, 0.717) is 46.5 Å². The zero-order chi connectivity index (χ0) is 19.8. The number of H-pyrrole nitrogens is 1. The van der Waals surface area contributed by atoms with E-state index in [0.717, 1.165) is 0 Å². The number of nitrogens with one attached hydrogen (secondary N) is 3. The fraction of sp³-hybridized carbons (Fsp3) is 0.333. The summed E-state index contributed by atoms with van der Waals surface area (Å²) >= 11 is 6.15. The molecule has 0 spiro atoms. The number of carbonyl (C=O) groups excluding carboxylic acids is 1. The largest absolute Gasteiger partial charge is 0.384 e. The number of aromatic amines is 1. The van der Waals surface area contributed by atoms with Gasteiger partial charge in [-0.3, -0.25) is 9.89 Å². The van der Waals surface area contributed by atoms with Crippen molar-refractivity contribution in [3.63, 3.8) is 0 Å². The van der Waals surface area contributed by atoms with Crippen LogP contribution in [0.3, 0.4) is 0 Å². The van der Waals surface area contributed by atoms with Crippen LogP contribution in [0.4, 0.5) is 17.5 Å². The zero-order valence-electron chi connectivity index (χ0n) is 15.5. The van der Waals surface area contributed by atoms with Crippen LogP contribution >= 0.6 is 11.6 Å². The molecule has 3 aromatic rings. The first kappa shape index (κ1) is 18.5. The van der Waals surface area contributed by atoms with Crippen molar-refractivity contribution in [3.8, 4) is 0 Å². The van der Waals surface area contributed by atoms with E-state index in [1.807, 2.05) is 13.8 Å². The molecule has 0 radical (unpaired) electrons. The third kappa shape index (κ3) is 3.71. The van der Waals surface area contributed by atoms with Crippen molar-refractivity contribution < 1.29 is 4.79 Å². The second-order valence-corrected chi connectivity index (χ2v) is 7.51. The summed E-state index contributed by atoms with van der Waals surface area (Å²) < 4.78 is 0. The van der Waals surface area contributed by atoms with Crippen molar-refractivity contribution in [1.29, 1.82) is 0 Å². The zero-order valence-corrected chi connectivity index (χ0v) is 16.3. The van der Waals surface area contributed by atoms with E-state index in [4.69, 9.17) is 17.3 Å². The Morgan fingerprint density at radius 3 is 2.68 bits per heavy atom. The summed E-state index contributed by atoms with van der Waals surface area (Å²) in [5.41, 5.74) is 6.31. The van der Waals surface area contributed by atoms with Gasteiger partial charge < -0.3 is 21.3 Å². The molecule has 28 heavy (non-hydrogen) atoms. The van der Waals surface area contributed by atoms with Crippen LogP contribution in [0.2, 0.25) is 5.02 Å². The summed E-state index contributed by atoms with van der Waals surface area (Å²) in [7, 11) is 0. The average molecular weight is 401 g/mol. The van der Waals surface area contributed by atoms with Gasteiger partial charge in [-0.25, -0.2) is 9.97 Å². The predicted molar refractivity (Wildman–Crippen MR) is 109 cm³/mol. The van der Waals surface area contributed by atoms with Crippen LogP contribution in [0.5, 0.6) is 0 Å². The standard InChI is InChI=1S/C18H21ClN8O/c1-9-7-27(8-10(2)21-9)18(28)17-22-13-4-3-11(19)5-12(13)16(24-17)23-15-6-14(20)25-26-15/h3-6,9-10,21H,7-8H2,1-2H3,(H4,20,22,23,24,25,26). The molecular weight excluding hydrogens is 380 g/mol. The number of piperazine rings is 1. The van der Waals surface area contributed by atoms with Gasteiger partial charge >= 0.3 is 0 Å². The molecule has 0 bridgehead atoms. The number of fused-ring (bicyclic) bond motifs is 1. The van der Waals surface area contributed by atoms with Gasteiger partial charge in [0.25, 0.3) is 5.91 Å². The Morgan fingerprint density at radius 1 is 1.25 bits per heavy atom. The number of hydrogen-bond donors (Lipinski definition) is 4. The number of hydrogen-bond acceptors (Lipinski definition) is 7. The van der Waals surface area contributed by atoms with Gasteiger partial charge in [-0.05, 0) is 32.0 Å². The van der Waals surface area contributed by atoms with Gasteiger partial charge in [0.05, 0.1) is 5.52 Å². The van der Waals surface area contributed by atoms with E-state index >= 15 is 0 Å². The Bertz CT molecular complexity index is 1030. The topological polar surface area (TPSA) is 125 Å². The van der Waals surface area contributed by atoms with Gasteiger partial charge in [0.15, 0.2) is 5.82 Å². The molecule has 9 nitrogen and oxygen atoms in total. The molecule has 1 amide bonds. The molecule has 5 N–H and O–H groups in total. The smallest absolute Gasteiger partial charge is 0.291 e. The van der Waals surface area contributed by atoms with Crippen molar-refractivity contribution >= 4 is 45.9 Å². The lowest BCUT2D eigenvalue weighted by atomic mass is 10.1. The number of carbonyl (C=O) groups is 1. The van der Waals surface area contributed by atoms with Crippen LogP contribution in [0.25, 0.3) is 10.9 Å². The van der Waals surface area contributed by atoms with E-state index in [9.17, 15) is 4.79 Å².